The van der Waals surface area contributed by atoms with E-state index >= 15 is 0 Å². The Labute approximate surface area is 102 Å². The molecular formula is C10H20ClNO3S. The largest absolute Gasteiger partial charge is 0.396 e. The minimum atomic E-state index is -3.26. The lowest BCUT2D eigenvalue weighted by Crippen LogP contribution is -2.40. The number of nitrogens with one attached hydrogen (secondary N) is 1. The first-order chi connectivity index (χ1) is 7.48. The number of hydrogen-bond donors (Lipinski definition) is 2. The number of hydrogen-bond acceptors (Lipinski definition) is 3. The molecule has 0 amide bonds. The van der Waals surface area contributed by atoms with Gasteiger partial charge in [0, 0.05) is 18.5 Å². The molecule has 0 aromatic carbocycles. The first-order valence-corrected chi connectivity index (χ1v) is 7.84. The maximum Gasteiger partial charge on any atom is 0.212 e. The van der Waals surface area contributed by atoms with E-state index in [2.05, 4.69) is 4.72 Å². The molecule has 3 atom stereocenters. The zero-order valence-electron chi connectivity index (χ0n) is 9.52. The van der Waals surface area contributed by atoms with Gasteiger partial charge < -0.3 is 5.11 Å². The van der Waals surface area contributed by atoms with E-state index in [1.165, 1.54) is 0 Å². The first kappa shape index (κ1) is 14.2. The molecule has 4 nitrogen and oxygen atoms in total. The molecule has 0 spiro atoms. The summed E-state index contributed by atoms with van der Waals surface area (Å²) in [5.74, 6) is 0.425. The van der Waals surface area contributed by atoms with Crippen LogP contribution < -0.4 is 4.72 Å². The highest BCUT2D eigenvalue weighted by Crippen LogP contribution is 2.25. The number of sulfonamides is 1. The lowest BCUT2D eigenvalue weighted by Gasteiger charge is -2.20. The number of aliphatic hydroxyl groups is 1. The average Bonchev–Trinajstić information content (AvgIpc) is 2.63. The van der Waals surface area contributed by atoms with Crippen LogP contribution in [0.25, 0.3) is 0 Å². The Kier molecular flexibility index (Phi) is 5.50. The van der Waals surface area contributed by atoms with Gasteiger partial charge in [0.25, 0.3) is 0 Å². The third-order valence-electron chi connectivity index (χ3n) is 2.99. The second kappa shape index (κ2) is 6.19. The SMILES string of the molecule is CC(CCl)CS(=O)(=O)NC1CCCC1CO. The predicted octanol–water partition coefficient (Wildman–Crippen LogP) is 0.942. The Morgan fingerprint density at radius 2 is 2.19 bits per heavy atom. The van der Waals surface area contributed by atoms with Crippen LogP contribution >= 0.6 is 11.6 Å². The third kappa shape index (κ3) is 4.20. The second-order valence-corrected chi connectivity index (χ2v) is 6.75. The molecule has 1 aliphatic rings. The maximum absolute atomic E-state index is 11.8. The molecule has 3 unspecified atom stereocenters. The lowest BCUT2D eigenvalue weighted by atomic mass is 10.1. The topological polar surface area (TPSA) is 66.4 Å². The highest BCUT2D eigenvalue weighted by atomic mass is 35.5. The van der Waals surface area contributed by atoms with E-state index in [1.54, 1.807) is 0 Å². The molecule has 0 heterocycles. The van der Waals surface area contributed by atoms with Crippen LogP contribution in [0.4, 0.5) is 0 Å². The zero-order chi connectivity index (χ0) is 12.2. The molecule has 0 radical (unpaired) electrons. The Bertz CT molecular complexity index is 307. The standard InChI is InChI=1S/C10H20ClNO3S/c1-8(5-11)7-16(14,15)12-10-4-2-3-9(10)6-13/h8-10,12-13H,2-7H2,1H3. The molecule has 6 heteroatoms. The minimum Gasteiger partial charge on any atom is -0.396 e. The van der Waals surface area contributed by atoms with Gasteiger partial charge in [-0.25, -0.2) is 13.1 Å². The number of rotatable bonds is 6. The van der Waals surface area contributed by atoms with Crippen molar-refractivity contribution in [1.29, 1.82) is 0 Å². The molecular weight excluding hydrogens is 250 g/mol. The summed E-state index contributed by atoms with van der Waals surface area (Å²) < 4.78 is 26.2. The van der Waals surface area contributed by atoms with Gasteiger partial charge in [0.15, 0.2) is 0 Å². The Hall–Kier alpha value is 0.160. The van der Waals surface area contributed by atoms with Gasteiger partial charge in [0.1, 0.15) is 0 Å². The van der Waals surface area contributed by atoms with Crippen LogP contribution in [0.3, 0.4) is 0 Å². The van der Waals surface area contributed by atoms with Crippen LogP contribution in [0.2, 0.25) is 0 Å². The third-order valence-corrected chi connectivity index (χ3v) is 5.19. The molecule has 0 aromatic heterocycles. The fraction of sp³-hybridized carbons (Fsp3) is 1.00. The van der Waals surface area contributed by atoms with Crippen LogP contribution in [-0.2, 0) is 10.0 Å². The highest BCUT2D eigenvalue weighted by Gasteiger charge is 2.30. The van der Waals surface area contributed by atoms with Gasteiger partial charge in [0.2, 0.25) is 10.0 Å². The van der Waals surface area contributed by atoms with E-state index in [0.717, 1.165) is 19.3 Å². The van der Waals surface area contributed by atoms with E-state index in [4.69, 9.17) is 16.7 Å². The van der Waals surface area contributed by atoms with Crippen molar-refractivity contribution in [2.75, 3.05) is 18.2 Å². The van der Waals surface area contributed by atoms with Crippen LogP contribution in [0.5, 0.6) is 0 Å². The summed E-state index contributed by atoms with van der Waals surface area (Å²) in [5, 5.41) is 9.11. The second-order valence-electron chi connectivity index (χ2n) is 4.64. The summed E-state index contributed by atoms with van der Waals surface area (Å²) in [4.78, 5) is 0. The van der Waals surface area contributed by atoms with Crippen molar-refractivity contribution >= 4 is 21.6 Å². The fourth-order valence-electron chi connectivity index (χ4n) is 2.11. The monoisotopic (exact) mass is 269 g/mol. The van der Waals surface area contributed by atoms with Gasteiger partial charge >= 0.3 is 0 Å². The molecule has 96 valence electrons. The van der Waals surface area contributed by atoms with Crippen molar-refractivity contribution in [3.8, 4) is 0 Å². The Morgan fingerprint density at radius 3 is 2.75 bits per heavy atom. The molecule has 0 aliphatic heterocycles. The van der Waals surface area contributed by atoms with Gasteiger partial charge in [-0.1, -0.05) is 13.3 Å². The smallest absolute Gasteiger partial charge is 0.212 e. The van der Waals surface area contributed by atoms with Gasteiger partial charge in [-0.05, 0) is 24.7 Å². The summed E-state index contributed by atoms with van der Waals surface area (Å²) >= 11 is 5.60. The summed E-state index contributed by atoms with van der Waals surface area (Å²) in [6.45, 7) is 1.86. The molecule has 1 saturated carbocycles. The molecule has 0 bridgehead atoms. The summed E-state index contributed by atoms with van der Waals surface area (Å²) in [6, 6.07) is -0.0995. The number of aliphatic hydroxyl groups excluding tert-OH is 1. The number of halogens is 1. The van der Waals surface area contributed by atoms with Crippen molar-refractivity contribution in [1.82, 2.24) is 4.72 Å². The predicted molar refractivity (Wildman–Crippen MR) is 65.0 cm³/mol. The van der Waals surface area contributed by atoms with Crippen LogP contribution in [0.1, 0.15) is 26.2 Å². The van der Waals surface area contributed by atoms with Crippen LogP contribution in [-0.4, -0.2) is 37.8 Å². The highest BCUT2D eigenvalue weighted by molar-refractivity contribution is 7.89. The van der Waals surface area contributed by atoms with Crippen molar-refractivity contribution in [3.63, 3.8) is 0 Å². The molecule has 16 heavy (non-hydrogen) atoms. The quantitative estimate of drug-likeness (QED) is 0.706. The minimum absolute atomic E-state index is 0.0480. The van der Waals surface area contributed by atoms with Gasteiger partial charge in [-0.3, -0.25) is 0 Å². The average molecular weight is 270 g/mol. The first-order valence-electron chi connectivity index (χ1n) is 5.65. The molecule has 1 rings (SSSR count). The van der Waals surface area contributed by atoms with Crippen molar-refractivity contribution in [2.45, 2.75) is 32.2 Å². The van der Waals surface area contributed by atoms with Crippen molar-refractivity contribution in [3.05, 3.63) is 0 Å². The van der Waals surface area contributed by atoms with E-state index in [9.17, 15) is 8.42 Å². The maximum atomic E-state index is 11.8. The summed E-state index contributed by atoms with van der Waals surface area (Å²) in [7, 11) is -3.26. The van der Waals surface area contributed by atoms with E-state index in [-0.39, 0.29) is 30.2 Å². The Balaban J connectivity index is 2.52. The van der Waals surface area contributed by atoms with Crippen LogP contribution in [0.15, 0.2) is 0 Å². The van der Waals surface area contributed by atoms with Crippen molar-refractivity contribution in [2.24, 2.45) is 11.8 Å². The van der Waals surface area contributed by atoms with Gasteiger partial charge in [-0.2, -0.15) is 0 Å². The zero-order valence-corrected chi connectivity index (χ0v) is 11.1. The normalized spacial score (nSPS) is 28.2. The number of alkyl halides is 1. The van der Waals surface area contributed by atoms with Gasteiger partial charge in [-0.15, -0.1) is 11.6 Å². The molecule has 2 N–H and O–H groups in total. The Morgan fingerprint density at radius 1 is 1.50 bits per heavy atom. The molecule has 0 aromatic rings. The van der Waals surface area contributed by atoms with Crippen molar-refractivity contribution < 1.29 is 13.5 Å². The van der Waals surface area contributed by atoms with E-state index < -0.39 is 10.0 Å². The van der Waals surface area contributed by atoms with Gasteiger partial charge in [0.05, 0.1) is 5.75 Å². The van der Waals surface area contributed by atoms with E-state index in [0.29, 0.717) is 5.88 Å². The molecule has 0 saturated heterocycles. The molecule has 1 aliphatic carbocycles. The summed E-state index contributed by atoms with van der Waals surface area (Å²) in [6.07, 6.45) is 2.69. The summed E-state index contributed by atoms with van der Waals surface area (Å²) in [5.41, 5.74) is 0. The lowest BCUT2D eigenvalue weighted by molar-refractivity contribution is 0.213. The molecule has 1 fully saturated rings. The van der Waals surface area contributed by atoms with E-state index in [1.807, 2.05) is 6.92 Å². The fourth-order valence-corrected chi connectivity index (χ4v) is 4.08. The van der Waals surface area contributed by atoms with Crippen LogP contribution in [0, 0.1) is 11.8 Å².